The highest BCUT2D eigenvalue weighted by molar-refractivity contribution is 5.96. The molecule has 3 rings (SSSR count). The summed E-state index contributed by atoms with van der Waals surface area (Å²) in [5.41, 5.74) is 3.96. The molecule has 1 saturated carbocycles. The predicted molar refractivity (Wildman–Crippen MR) is 119 cm³/mol. The first-order chi connectivity index (χ1) is 14.4. The summed E-state index contributed by atoms with van der Waals surface area (Å²) in [7, 11) is 0. The molecule has 4 N–H and O–H groups in total. The number of carbonyl (C=O) groups excluding carboxylic acids is 1. The van der Waals surface area contributed by atoms with Crippen LogP contribution in [0, 0.1) is 12.8 Å². The monoisotopic (exact) mass is 412 g/mol. The van der Waals surface area contributed by atoms with E-state index in [2.05, 4.69) is 31.1 Å². The summed E-state index contributed by atoms with van der Waals surface area (Å²) in [4.78, 5) is 26.3. The number of nitrogens with one attached hydrogen (secondary N) is 3. The number of hydroxylamine groups is 1. The Morgan fingerprint density at radius 2 is 2.03 bits per heavy atom. The van der Waals surface area contributed by atoms with Gasteiger partial charge >= 0.3 is 0 Å². The zero-order valence-electron chi connectivity index (χ0n) is 18.2. The topological polar surface area (TPSA) is 112 Å². The molecule has 1 amide bonds. The van der Waals surface area contributed by atoms with Crippen LogP contribution < -0.4 is 16.1 Å². The number of aliphatic imine (C=N–C) groups is 1. The molecule has 0 radical (unpaired) electrons. The molecule has 2 atom stereocenters. The Hall–Kier alpha value is -2.74. The van der Waals surface area contributed by atoms with Gasteiger partial charge in [-0.3, -0.25) is 20.5 Å². The number of rotatable bonds is 6. The fourth-order valence-electron chi connectivity index (χ4n) is 3.72. The zero-order valence-corrected chi connectivity index (χ0v) is 18.2. The van der Waals surface area contributed by atoms with E-state index in [0.717, 1.165) is 42.1 Å². The van der Waals surface area contributed by atoms with E-state index in [1.54, 1.807) is 6.92 Å². The van der Waals surface area contributed by atoms with E-state index in [-0.39, 0.29) is 23.8 Å². The van der Waals surface area contributed by atoms with E-state index in [1.807, 2.05) is 39.0 Å². The average Bonchev–Trinajstić information content (AvgIpc) is 2.73. The van der Waals surface area contributed by atoms with E-state index in [1.165, 1.54) is 0 Å². The number of aryl methyl sites for hydroxylation is 1. The molecule has 8 nitrogen and oxygen atoms in total. The quantitative estimate of drug-likeness (QED) is 0.328. The maximum atomic E-state index is 12.6. The van der Waals surface area contributed by atoms with Crippen molar-refractivity contribution in [2.24, 2.45) is 10.9 Å². The van der Waals surface area contributed by atoms with Gasteiger partial charge in [-0.2, -0.15) is 0 Å². The number of hydrogen-bond acceptors (Lipinski definition) is 6. The van der Waals surface area contributed by atoms with Crippen molar-refractivity contribution >= 4 is 28.5 Å². The highest BCUT2D eigenvalue weighted by Gasteiger charge is 2.26. The Morgan fingerprint density at radius 1 is 1.27 bits per heavy atom. The molecule has 0 bridgehead atoms. The van der Waals surface area contributed by atoms with Crippen molar-refractivity contribution in [3.63, 3.8) is 0 Å². The first-order valence-electron chi connectivity index (χ1n) is 10.6. The maximum absolute atomic E-state index is 12.6. The second-order valence-electron chi connectivity index (χ2n) is 8.45. The molecule has 1 aliphatic carbocycles. The molecule has 0 saturated heterocycles. The van der Waals surface area contributed by atoms with Gasteiger partial charge in [0.15, 0.2) is 0 Å². The van der Waals surface area contributed by atoms with Crippen LogP contribution in [0.4, 0.5) is 5.82 Å². The molecule has 1 aromatic carbocycles. The first-order valence-corrected chi connectivity index (χ1v) is 10.6. The van der Waals surface area contributed by atoms with Gasteiger partial charge in [0.05, 0.1) is 11.6 Å². The standard InChI is InChI=1S/C22H32N6O2/c1-13(2)12-23-22(29)21-25-17-10-9-14(3)11-16(17)20(27-21)26-19-8-6-5-7-18(19)24-15(4)28-30/h9-11,13,18-19,30H,5-8,12H2,1-4H3,(H,23,29)(H,24,28)(H,25,26,27)/t18-,19+/m1/s1. The van der Waals surface area contributed by atoms with Crippen LogP contribution >= 0.6 is 0 Å². The Bertz CT molecular complexity index is 927. The van der Waals surface area contributed by atoms with Crippen molar-refractivity contribution in [3.8, 4) is 0 Å². The maximum Gasteiger partial charge on any atom is 0.289 e. The number of hydrogen-bond donors (Lipinski definition) is 4. The number of anilines is 1. The summed E-state index contributed by atoms with van der Waals surface area (Å²) >= 11 is 0. The van der Waals surface area contributed by atoms with E-state index in [9.17, 15) is 4.79 Å². The van der Waals surface area contributed by atoms with E-state index in [0.29, 0.717) is 24.1 Å². The summed E-state index contributed by atoms with van der Waals surface area (Å²) in [6.07, 6.45) is 4.07. The van der Waals surface area contributed by atoms with E-state index >= 15 is 0 Å². The normalized spacial score (nSPS) is 19.7. The molecule has 0 spiro atoms. The van der Waals surface area contributed by atoms with Crippen LogP contribution in [0.2, 0.25) is 0 Å². The Kier molecular flexibility index (Phi) is 7.20. The summed E-state index contributed by atoms with van der Waals surface area (Å²) in [6.45, 7) is 8.43. The average molecular weight is 413 g/mol. The molecule has 1 heterocycles. The third-order valence-electron chi connectivity index (χ3n) is 5.30. The Balaban J connectivity index is 1.96. The Labute approximate surface area is 177 Å². The number of amides is 1. The van der Waals surface area contributed by atoms with Gasteiger partial charge in [-0.15, -0.1) is 0 Å². The van der Waals surface area contributed by atoms with Gasteiger partial charge in [-0.1, -0.05) is 38.3 Å². The van der Waals surface area contributed by atoms with Gasteiger partial charge in [-0.05, 0) is 44.7 Å². The van der Waals surface area contributed by atoms with Crippen LogP contribution in [-0.2, 0) is 0 Å². The smallest absolute Gasteiger partial charge is 0.289 e. The first kappa shape index (κ1) is 22.0. The van der Waals surface area contributed by atoms with Crippen LogP contribution in [0.5, 0.6) is 0 Å². The fraction of sp³-hybridized carbons (Fsp3) is 0.545. The minimum atomic E-state index is -0.271. The SMILES string of the molecule is CC(=N[C@@H]1CCCC[C@@H]1Nc1nc(C(=O)NCC(C)C)nc2ccc(C)cc12)NO. The molecule has 8 heteroatoms. The van der Waals surface area contributed by atoms with Crippen LogP contribution in [0.1, 0.15) is 62.6 Å². The minimum Gasteiger partial charge on any atom is -0.365 e. The van der Waals surface area contributed by atoms with Crippen molar-refractivity contribution in [3.05, 3.63) is 29.6 Å². The van der Waals surface area contributed by atoms with Crippen molar-refractivity contribution in [1.82, 2.24) is 20.8 Å². The fourth-order valence-corrected chi connectivity index (χ4v) is 3.72. The molecule has 1 aromatic heterocycles. The molecular formula is C22H32N6O2. The highest BCUT2D eigenvalue weighted by atomic mass is 16.5. The summed E-state index contributed by atoms with van der Waals surface area (Å²) in [6, 6.07) is 6.03. The number of nitrogens with zero attached hydrogens (tertiary/aromatic N) is 3. The lowest BCUT2D eigenvalue weighted by molar-refractivity contribution is 0.0939. The lowest BCUT2D eigenvalue weighted by Gasteiger charge is -2.30. The van der Waals surface area contributed by atoms with Gasteiger partial charge in [0.2, 0.25) is 5.82 Å². The predicted octanol–water partition coefficient (Wildman–Crippen LogP) is 3.44. The van der Waals surface area contributed by atoms with Crippen LogP contribution in [0.25, 0.3) is 10.9 Å². The lowest BCUT2D eigenvalue weighted by atomic mass is 9.90. The second kappa shape index (κ2) is 9.84. The molecule has 162 valence electrons. The van der Waals surface area contributed by atoms with Crippen molar-refractivity contribution in [1.29, 1.82) is 0 Å². The van der Waals surface area contributed by atoms with E-state index < -0.39 is 0 Å². The number of fused-ring (bicyclic) bond motifs is 1. The molecular weight excluding hydrogens is 380 g/mol. The van der Waals surface area contributed by atoms with Gasteiger partial charge in [0.25, 0.3) is 5.91 Å². The number of benzene rings is 1. The van der Waals surface area contributed by atoms with Crippen LogP contribution in [-0.4, -0.2) is 45.5 Å². The van der Waals surface area contributed by atoms with Gasteiger partial charge in [-0.25, -0.2) is 9.97 Å². The minimum absolute atomic E-state index is 0.0199. The van der Waals surface area contributed by atoms with Gasteiger partial charge < -0.3 is 10.6 Å². The molecule has 1 fully saturated rings. The van der Waals surface area contributed by atoms with Crippen LogP contribution in [0.3, 0.4) is 0 Å². The molecule has 2 aromatic rings. The Morgan fingerprint density at radius 3 is 2.77 bits per heavy atom. The molecule has 0 aliphatic heterocycles. The number of amidine groups is 1. The number of aromatic nitrogens is 2. The highest BCUT2D eigenvalue weighted by Crippen LogP contribution is 2.28. The third-order valence-corrected chi connectivity index (χ3v) is 5.30. The molecule has 30 heavy (non-hydrogen) atoms. The lowest BCUT2D eigenvalue weighted by Crippen LogP contribution is -2.37. The largest absolute Gasteiger partial charge is 0.365 e. The summed E-state index contributed by atoms with van der Waals surface area (Å²) < 4.78 is 0. The van der Waals surface area contributed by atoms with Gasteiger partial charge in [0, 0.05) is 18.0 Å². The molecule has 0 unspecified atom stereocenters. The van der Waals surface area contributed by atoms with E-state index in [4.69, 9.17) is 5.21 Å². The second-order valence-corrected chi connectivity index (χ2v) is 8.45. The third kappa shape index (κ3) is 5.44. The van der Waals surface area contributed by atoms with Crippen LogP contribution in [0.15, 0.2) is 23.2 Å². The van der Waals surface area contributed by atoms with Crippen molar-refractivity contribution < 1.29 is 10.0 Å². The summed E-state index contributed by atoms with van der Waals surface area (Å²) in [5, 5.41) is 16.5. The zero-order chi connectivity index (χ0) is 21.7. The molecule has 1 aliphatic rings. The van der Waals surface area contributed by atoms with Gasteiger partial charge in [0.1, 0.15) is 11.7 Å². The summed E-state index contributed by atoms with van der Waals surface area (Å²) in [5.74, 6) is 1.39. The van der Waals surface area contributed by atoms with Crippen molar-refractivity contribution in [2.45, 2.75) is 65.5 Å². The number of carbonyl (C=O) groups is 1. The van der Waals surface area contributed by atoms with Crippen molar-refractivity contribution in [2.75, 3.05) is 11.9 Å².